The molecule has 0 unspecified atom stereocenters. The van der Waals surface area contributed by atoms with Gasteiger partial charge in [0, 0.05) is 11.6 Å². The molecule has 0 aliphatic heterocycles. The first-order valence-corrected chi connectivity index (χ1v) is 5.19. The summed E-state index contributed by atoms with van der Waals surface area (Å²) in [5, 5.41) is 3.15. The summed E-state index contributed by atoms with van der Waals surface area (Å²) < 4.78 is 13.0. The number of hydrogen-bond acceptors (Lipinski definition) is 2. The Morgan fingerprint density at radius 1 is 1.53 bits per heavy atom. The molecular weight excluding hydrogens is 193 g/mol. The smallest absolute Gasteiger partial charge is 0.176 e. The van der Waals surface area contributed by atoms with E-state index in [1.54, 1.807) is 19.1 Å². The van der Waals surface area contributed by atoms with Gasteiger partial charge in [-0.05, 0) is 43.5 Å². The van der Waals surface area contributed by atoms with E-state index in [2.05, 4.69) is 5.32 Å². The van der Waals surface area contributed by atoms with Gasteiger partial charge in [0.25, 0.3) is 0 Å². The van der Waals surface area contributed by atoms with E-state index in [1.807, 2.05) is 0 Å². The van der Waals surface area contributed by atoms with E-state index in [-0.39, 0.29) is 11.6 Å². The van der Waals surface area contributed by atoms with Crippen LogP contribution in [0.25, 0.3) is 0 Å². The van der Waals surface area contributed by atoms with E-state index in [1.165, 1.54) is 6.07 Å². The van der Waals surface area contributed by atoms with Crippen molar-refractivity contribution in [3.8, 4) is 0 Å². The number of rotatable bonds is 4. The van der Waals surface area contributed by atoms with Crippen molar-refractivity contribution < 1.29 is 9.18 Å². The highest BCUT2D eigenvalue weighted by Gasteiger charge is 2.21. The molecule has 2 rings (SSSR count). The highest BCUT2D eigenvalue weighted by atomic mass is 19.1. The van der Waals surface area contributed by atoms with Crippen LogP contribution in [0.3, 0.4) is 0 Å². The lowest BCUT2D eigenvalue weighted by molar-refractivity contribution is 0.0990. The standard InChI is InChI=1S/C12H14FNO/c1-8-6-9(2-5-11(8)13)12(15)7-14-10-3-4-10/h2,5-6,10,14H,3-4,7H2,1H3. The van der Waals surface area contributed by atoms with Gasteiger partial charge >= 0.3 is 0 Å². The number of benzene rings is 1. The van der Waals surface area contributed by atoms with Crippen molar-refractivity contribution >= 4 is 5.78 Å². The quantitative estimate of drug-likeness (QED) is 0.766. The number of hydrogen-bond donors (Lipinski definition) is 1. The summed E-state index contributed by atoms with van der Waals surface area (Å²) in [7, 11) is 0. The molecule has 15 heavy (non-hydrogen) atoms. The predicted molar refractivity (Wildman–Crippen MR) is 56.5 cm³/mol. The molecule has 3 heteroatoms. The number of aryl methyl sites for hydroxylation is 1. The van der Waals surface area contributed by atoms with Gasteiger partial charge in [-0.2, -0.15) is 0 Å². The highest BCUT2D eigenvalue weighted by molar-refractivity contribution is 5.97. The van der Waals surface area contributed by atoms with Gasteiger partial charge in [-0.3, -0.25) is 4.79 Å². The van der Waals surface area contributed by atoms with E-state index in [9.17, 15) is 9.18 Å². The number of carbonyl (C=O) groups is 1. The van der Waals surface area contributed by atoms with Gasteiger partial charge < -0.3 is 5.32 Å². The SMILES string of the molecule is Cc1cc(C(=O)CNC2CC2)ccc1F. The molecule has 2 nitrogen and oxygen atoms in total. The van der Waals surface area contributed by atoms with E-state index in [0.29, 0.717) is 23.7 Å². The zero-order valence-electron chi connectivity index (χ0n) is 8.72. The van der Waals surface area contributed by atoms with Crippen LogP contribution in [-0.4, -0.2) is 18.4 Å². The van der Waals surface area contributed by atoms with Crippen molar-refractivity contribution in [3.05, 3.63) is 35.1 Å². The fourth-order valence-corrected chi connectivity index (χ4v) is 1.44. The van der Waals surface area contributed by atoms with Crippen molar-refractivity contribution in [2.24, 2.45) is 0 Å². The van der Waals surface area contributed by atoms with Crippen molar-refractivity contribution in [1.29, 1.82) is 0 Å². The topological polar surface area (TPSA) is 29.1 Å². The molecule has 0 bridgehead atoms. The van der Waals surface area contributed by atoms with E-state index < -0.39 is 0 Å². The second-order valence-corrected chi connectivity index (χ2v) is 4.04. The number of carbonyl (C=O) groups excluding carboxylic acids is 1. The number of ketones is 1. The third-order valence-corrected chi connectivity index (χ3v) is 2.61. The van der Waals surface area contributed by atoms with Crippen LogP contribution in [0, 0.1) is 12.7 Å². The first-order valence-electron chi connectivity index (χ1n) is 5.19. The average molecular weight is 207 g/mol. The van der Waals surface area contributed by atoms with Gasteiger partial charge in [-0.1, -0.05) is 0 Å². The van der Waals surface area contributed by atoms with Crippen LogP contribution in [0.1, 0.15) is 28.8 Å². The van der Waals surface area contributed by atoms with Crippen LogP contribution in [0.2, 0.25) is 0 Å². The minimum absolute atomic E-state index is 0.0324. The summed E-state index contributed by atoms with van der Waals surface area (Å²) in [6, 6.07) is 5.01. The van der Waals surface area contributed by atoms with Crippen LogP contribution in [0.4, 0.5) is 4.39 Å². The summed E-state index contributed by atoms with van der Waals surface area (Å²) in [5.41, 5.74) is 1.11. The number of Topliss-reactive ketones (excluding diaryl/α,β-unsaturated/α-hetero) is 1. The molecule has 0 heterocycles. The minimum atomic E-state index is -0.262. The van der Waals surface area contributed by atoms with E-state index in [4.69, 9.17) is 0 Å². The highest BCUT2D eigenvalue weighted by Crippen LogP contribution is 2.18. The van der Waals surface area contributed by atoms with E-state index >= 15 is 0 Å². The number of nitrogens with one attached hydrogen (secondary N) is 1. The molecule has 1 N–H and O–H groups in total. The van der Waals surface area contributed by atoms with Crippen LogP contribution in [-0.2, 0) is 0 Å². The third-order valence-electron chi connectivity index (χ3n) is 2.61. The Morgan fingerprint density at radius 2 is 2.27 bits per heavy atom. The molecule has 1 aromatic carbocycles. The lowest BCUT2D eigenvalue weighted by atomic mass is 10.1. The van der Waals surface area contributed by atoms with Gasteiger partial charge in [0.05, 0.1) is 6.54 Å². The predicted octanol–water partition coefficient (Wildman–Crippen LogP) is 2.07. The van der Waals surface area contributed by atoms with Crippen molar-refractivity contribution in [3.63, 3.8) is 0 Å². The van der Waals surface area contributed by atoms with Crippen molar-refractivity contribution in [2.75, 3.05) is 6.54 Å². The molecule has 1 aliphatic carbocycles. The maximum Gasteiger partial charge on any atom is 0.176 e. The van der Waals surface area contributed by atoms with Gasteiger partial charge in [-0.15, -0.1) is 0 Å². The van der Waals surface area contributed by atoms with E-state index in [0.717, 1.165) is 12.8 Å². The van der Waals surface area contributed by atoms with Crippen molar-refractivity contribution in [2.45, 2.75) is 25.8 Å². The van der Waals surface area contributed by atoms with Gasteiger partial charge in [0.2, 0.25) is 0 Å². The summed E-state index contributed by atoms with van der Waals surface area (Å²) in [6.07, 6.45) is 2.32. The van der Waals surface area contributed by atoms with Crippen LogP contribution >= 0.6 is 0 Å². The van der Waals surface area contributed by atoms with Gasteiger partial charge in [-0.25, -0.2) is 4.39 Å². The molecule has 80 valence electrons. The number of halogens is 1. The summed E-state index contributed by atoms with van der Waals surface area (Å²) >= 11 is 0. The van der Waals surface area contributed by atoms with Crippen molar-refractivity contribution in [1.82, 2.24) is 5.32 Å². The molecule has 1 aromatic rings. The molecule has 1 saturated carbocycles. The maximum absolute atomic E-state index is 13.0. The fourth-order valence-electron chi connectivity index (χ4n) is 1.44. The Hall–Kier alpha value is -1.22. The minimum Gasteiger partial charge on any atom is -0.307 e. The molecule has 0 radical (unpaired) electrons. The molecule has 1 aliphatic rings. The molecule has 0 spiro atoms. The second-order valence-electron chi connectivity index (χ2n) is 4.04. The monoisotopic (exact) mass is 207 g/mol. The Bertz CT molecular complexity index is 385. The Balaban J connectivity index is 2.00. The van der Waals surface area contributed by atoms with Gasteiger partial charge in [0.15, 0.2) is 5.78 Å². The zero-order chi connectivity index (χ0) is 10.8. The van der Waals surface area contributed by atoms with Crippen LogP contribution in [0.15, 0.2) is 18.2 Å². The largest absolute Gasteiger partial charge is 0.307 e. The maximum atomic E-state index is 13.0. The zero-order valence-corrected chi connectivity index (χ0v) is 8.72. The molecule has 0 atom stereocenters. The second kappa shape index (κ2) is 4.11. The first-order chi connectivity index (χ1) is 7.16. The molecular formula is C12H14FNO. The summed E-state index contributed by atoms with van der Waals surface area (Å²) in [5.74, 6) is -0.230. The summed E-state index contributed by atoms with van der Waals surface area (Å²) in [6.45, 7) is 2.02. The molecule has 0 amide bonds. The van der Waals surface area contributed by atoms with Gasteiger partial charge in [0.1, 0.15) is 5.82 Å². The first kappa shape index (κ1) is 10.3. The Kier molecular flexibility index (Phi) is 2.82. The normalized spacial score (nSPS) is 15.3. The Labute approximate surface area is 88.5 Å². The molecule has 0 saturated heterocycles. The molecule has 0 aromatic heterocycles. The fraction of sp³-hybridized carbons (Fsp3) is 0.417. The van der Waals surface area contributed by atoms with Crippen LogP contribution < -0.4 is 5.32 Å². The lowest BCUT2D eigenvalue weighted by Crippen LogP contribution is -2.24. The summed E-state index contributed by atoms with van der Waals surface area (Å²) in [4.78, 5) is 11.7. The average Bonchev–Trinajstić information content (AvgIpc) is 3.02. The Morgan fingerprint density at radius 3 is 2.87 bits per heavy atom. The third kappa shape index (κ3) is 2.63. The lowest BCUT2D eigenvalue weighted by Gasteiger charge is -2.03. The van der Waals surface area contributed by atoms with Crippen LogP contribution in [0.5, 0.6) is 0 Å². The molecule has 1 fully saturated rings.